The van der Waals surface area contributed by atoms with Gasteiger partial charge in [-0.05, 0) is 151 Å². The largest absolute Gasteiger partial charge is 0.310 e. The second-order valence-corrected chi connectivity index (χ2v) is 17.2. The molecule has 0 amide bonds. The Balaban J connectivity index is 1.17. The summed E-state index contributed by atoms with van der Waals surface area (Å²) in [6, 6.07) is 91.9. The highest BCUT2D eigenvalue weighted by atomic mass is 15.1. The fourth-order valence-electron chi connectivity index (χ4n) is 10.6. The van der Waals surface area contributed by atoms with E-state index >= 15 is 0 Å². The second-order valence-electron chi connectivity index (χ2n) is 17.2. The van der Waals surface area contributed by atoms with Gasteiger partial charge in [-0.25, -0.2) is 0 Å². The highest BCUT2D eigenvalue weighted by Gasteiger charge is 2.18. The minimum absolute atomic E-state index is 1.09. The summed E-state index contributed by atoms with van der Waals surface area (Å²) in [5.74, 6) is 0. The Kier molecular flexibility index (Phi) is 8.60. The van der Waals surface area contributed by atoms with Crippen LogP contribution in [0, 0.1) is 0 Å². The van der Waals surface area contributed by atoms with E-state index in [1.807, 2.05) is 0 Å². The quantitative estimate of drug-likeness (QED) is 0.156. The number of hydrogen-bond acceptors (Lipinski definition) is 1. The average molecular weight is 824 g/mol. The first-order valence-corrected chi connectivity index (χ1v) is 22.5. The average Bonchev–Trinajstić information content (AvgIpc) is 3.38. The zero-order valence-electron chi connectivity index (χ0n) is 35.6. The molecule has 13 aromatic carbocycles. The van der Waals surface area contributed by atoms with Crippen LogP contribution in [-0.2, 0) is 0 Å². The zero-order chi connectivity index (χ0) is 42.8. The Hall–Kier alpha value is -8.52. The summed E-state index contributed by atoms with van der Waals surface area (Å²) in [7, 11) is 0. The third-order valence-electron chi connectivity index (χ3n) is 13.6. The minimum Gasteiger partial charge on any atom is -0.310 e. The Morgan fingerprint density at radius 1 is 0.185 bits per heavy atom. The fourth-order valence-corrected chi connectivity index (χ4v) is 10.6. The molecule has 0 aliphatic heterocycles. The summed E-state index contributed by atoms with van der Waals surface area (Å²) in [6.45, 7) is 0. The number of anilines is 3. The highest BCUT2D eigenvalue weighted by molar-refractivity contribution is 6.36. The minimum atomic E-state index is 1.09. The van der Waals surface area contributed by atoms with Crippen molar-refractivity contribution >= 4 is 103 Å². The highest BCUT2D eigenvalue weighted by Crippen LogP contribution is 2.45. The van der Waals surface area contributed by atoms with E-state index < -0.39 is 0 Å². The molecule has 0 saturated carbocycles. The lowest BCUT2D eigenvalue weighted by Crippen LogP contribution is -2.09. The number of fused-ring (bicyclic) bond motifs is 11. The maximum Gasteiger partial charge on any atom is 0.0468 e. The molecule has 0 aliphatic carbocycles. The molecule has 0 aliphatic rings. The van der Waals surface area contributed by atoms with Gasteiger partial charge in [-0.2, -0.15) is 0 Å². The number of nitrogens with zero attached hydrogens (tertiary/aromatic N) is 1. The van der Waals surface area contributed by atoms with Crippen LogP contribution in [-0.4, -0.2) is 0 Å². The fraction of sp³-hybridized carbons (Fsp3) is 0. The standard InChI is InChI=1S/C64H41N/c1-3-14-42(15-4-1)44-28-33-49(34-29-44)65(50-35-30-45(31-36-50)43-16-5-2-6-17-43)51-37-39-57-60(41-51)56-24-10-9-22-54(56)52-20-7-8-21-53(52)55-23-11-12-25-58(55)64-59-38-32-47-19-13-18-46-26-27-48(40-61(57)64)63(59)62(46)47/h1-41H. The summed E-state index contributed by atoms with van der Waals surface area (Å²) >= 11 is 0. The summed E-state index contributed by atoms with van der Waals surface area (Å²) in [5.41, 5.74) is 8.05. The molecule has 1 nitrogen and oxygen atoms in total. The first kappa shape index (κ1) is 37.1. The van der Waals surface area contributed by atoms with E-state index in [0.717, 1.165) is 17.1 Å². The molecular weight excluding hydrogens is 783 g/mol. The van der Waals surface area contributed by atoms with Crippen molar-refractivity contribution in [2.45, 2.75) is 0 Å². The molecule has 302 valence electrons. The Labute approximate surface area is 377 Å². The molecule has 65 heavy (non-hydrogen) atoms. The van der Waals surface area contributed by atoms with Crippen molar-refractivity contribution in [2.24, 2.45) is 0 Å². The van der Waals surface area contributed by atoms with Crippen molar-refractivity contribution in [3.63, 3.8) is 0 Å². The van der Waals surface area contributed by atoms with Gasteiger partial charge in [-0.15, -0.1) is 0 Å². The van der Waals surface area contributed by atoms with E-state index in [4.69, 9.17) is 0 Å². The molecule has 0 atom stereocenters. The SMILES string of the molecule is c1ccc(-c2ccc(N(c3ccc(-c4ccccc4)cc3)c3ccc4c(c3)c3ccccc3c3ccccc3c3ccccc3c3c4cc4ccc5cccc6ccc3c4c56)cc2)cc1. The predicted molar refractivity (Wildman–Crippen MR) is 281 cm³/mol. The molecule has 0 N–H and O–H groups in total. The molecule has 0 aromatic heterocycles. The molecule has 1 heteroatoms. The summed E-state index contributed by atoms with van der Waals surface area (Å²) in [6.07, 6.45) is 0. The Morgan fingerprint density at radius 3 is 1.14 bits per heavy atom. The topological polar surface area (TPSA) is 3.24 Å². The van der Waals surface area contributed by atoms with Crippen LogP contribution >= 0.6 is 0 Å². The van der Waals surface area contributed by atoms with Crippen molar-refractivity contribution in [3.05, 3.63) is 249 Å². The van der Waals surface area contributed by atoms with Crippen LogP contribution in [0.4, 0.5) is 17.1 Å². The third kappa shape index (κ3) is 6.09. The third-order valence-corrected chi connectivity index (χ3v) is 13.6. The van der Waals surface area contributed by atoms with Crippen LogP contribution in [0.5, 0.6) is 0 Å². The molecule has 0 radical (unpaired) electrons. The molecule has 0 bridgehead atoms. The van der Waals surface area contributed by atoms with Crippen molar-refractivity contribution in [2.75, 3.05) is 4.90 Å². The lowest BCUT2D eigenvalue weighted by atomic mass is 9.88. The van der Waals surface area contributed by atoms with E-state index in [1.54, 1.807) is 0 Å². The van der Waals surface area contributed by atoms with Crippen LogP contribution in [0.15, 0.2) is 249 Å². The Morgan fingerprint density at radius 2 is 0.585 bits per heavy atom. The van der Waals surface area contributed by atoms with Gasteiger partial charge in [-0.1, -0.05) is 206 Å². The smallest absolute Gasteiger partial charge is 0.0468 e. The summed E-state index contributed by atoms with van der Waals surface area (Å²) < 4.78 is 0. The van der Waals surface area contributed by atoms with Gasteiger partial charge in [0.1, 0.15) is 0 Å². The van der Waals surface area contributed by atoms with Crippen LogP contribution < -0.4 is 4.90 Å². The van der Waals surface area contributed by atoms with Crippen molar-refractivity contribution < 1.29 is 0 Å². The van der Waals surface area contributed by atoms with Crippen LogP contribution in [0.3, 0.4) is 0 Å². The normalized spacial score (nSPS) is 11.7. The molecule has 0 unspecified atom stereocenters. The molecular formula is C64H41N. The van der Waals surface area contributed by atoms with E-state index in [-0.39, 0.29) is 0 Å². The number of benzene rings is 12. The van der Waals surface area contributed by atoms with Crippen molar-refractivity contribution in [1.29, 1.82) is 0 Å². The number of hydrogen-bond donors (Lipinski definition) is 0. The maximum atomic E-state index is 2.47. The van der Waals surface area contributed by atoms with Gasteiger partial charge in [0, 0.05) is 17.1 Å². The molecule has 0 spiro atoms. The van der Waals surface area contributed by atoms with E-state index in [9.17, 15) is 0 Å². The molecule has 13 rings (SSSR count). The first-order chi connectivity index (χ1) is 32.2. The first-order valence-electron chi connectivity index (χ1n) is 22.5. The second kappa shape index (κ2) is 15.1. The summed E-state index contributed by atoms with van der Waals surface area (Å²) in [4.78, 5) is 2.41. The lowest BCUT2D eigenvalue weighted by Gasteiger charge is -2.26. The molecule has 13 aromatic rings. The monoisotopic (exact) mass is 823 g/mol. The zero-order valence-corrected chi connectivity index (χ0v) is 35.6. The van der Waals surface area contributed by atoms with Crippen molar-refractivity contribution in [3.8, 4) is 22.3 Å². The number of rotatable bonds is 5. The van der Waals surface area contributed by atoms with Gasteiger partial charge in [0.2, 0.25) is 0 Å². The van der Waals surface area contributed by atoms with Crippen LogP contribution in [0.25, 0.3) is 108 Å². The molecule has 0 heterocycles. The van der Waals surface area contributed by atoms with Gasteiger partial charge < -0.3 is 4.90 Å². The maximum absolute atomic E-state index is 2.47. The Bertz CT molecular complexity index is 3920. The van der Waals surface area contributed by atoms with E-state index in [1.165, 1.54) is 108 Å². The molecule has 0 saturated heterocycles. The van der Waals surface area contributed by atoms with Gasteiger partial charge in [0.25, 0.3) is 0 Å². The summed E-state index contributed by atoms with van der Waals surface area (Å²) in [5, 5.41) is 19.9. The van der Waals surface area contributed by atoms with Gasteiger partial charge in [0.15, 0.2) is 0 Å². The van der Waals surface area contributed by atoms with Gasteiger partial charge >= 0.3 is 0 Å². The lowest BCUT2D eigenvalue weighted by molar-refractivity contribution is 1.29. The van der Waals surface area contributed by atoms with Crippen LogP contribution in [0.1, 0.15) is 0 Å². The van der Waals surface area contributed by atoms with E-state index in [2.05, 4.69) is 254 Å². The molecule has 0 fully saturated rings. The van der Waals surface area contributed by atoms with Crippen LogP contribution in [0.2, 0.25) is 0 Å². The predicted octanol–water partition coefficient (Wildman–Crippen LogP) is 18.3. The van der Waals surface area contributed by atoms with Gasteiger partial charge in [-0.3, -0.25) is 0 Å². The van der Waals surface area contributed by atoms with E-state index in [0.29, 0.717) is 0 Å². The van der Waals surface area contributed by atoms with Crippen molar-refractivity contribution in [1.82, 2.24) is 0 Å². The van der Waals surface area contributed by atoms with Gasteiger partial charge in [0.05, 0.1) is 0 Å².